The van der Waals surface area contributed by atoms with Gasteiger partial charge in [0.25, 0.3) is 5.91 Å². The van der Waals surface area contributed by atoms with Crippen LogP contribution >= 0.6 is 39.7 Å². The topological polar surface area (TPSA) is 44.4 Å². The Morgan fingerprint density at radius 3 is 2.62 bits per heavy atom. The average Bonchev–Trinajstić information content (AvgIpc) is 2.64. The highest BCUT2D eigenvalue weighted by atomic mass is 79.9. The molecule has 2 N–H and O–H groups in total. The van der Waals surface area contributed by atoms with E-state index in [1.807, 2.05) is 18.2 Å². The summed E-state index contributed by atoms with van der Waals surface area (Å²) in [6, 6.07) is 13.1. The number of hydrogen-bond acceptors (Lipinski definition) is 3. The molecule has 26 heavy (non-hydrogen) atoms. The molecule has 0 unspecified atom stereocenters. The molecular formula is C19H19BrClN3OS. The molecule has 0 spiro atoms. The summed E-state index contributed by atoms with van der Waals surface area (Å²) in [5.41, 5.74) is 2.36. The van der Waals surface area contributed by atoms with Gasteiger partial charge < -0.3 is 10.2 Å². The number of anilines is 2. The number of piperidine rings is 1. The number of halogens is 2. The van der Waals surface area contributed by atoms with Crippen LogP contribution in [0, 0.1) is 0 Å². The normalized spacial score (nSPS) is 14.0. The van der Waals surface area contributed by atoms with Gasteiger partial charge in [0.2, 0.25) is 0 Å². The summed E-state index contributed by atoms with van der Waals surface area (Å²) in [6.07, 6.45) is 3.65. The summed E-state index contributed by atoms with van der Waals surface area (Å²) >= 11 is 14.8. The van der Waals surface area contributed by atoms with Gasteiger partial charge in [0, 0.05) is 17.6 Å². The molecule has 0 aromatic heterocycles. The van der Waals surface area contributed by atoms with Crippen molar-refractivity contribution >= 4 is 62.1 Å². The summed E-state index contributed by atoms with van der Waals surface area (Å²) in [6.45, 7) is 2.07. The Bertz CT molecular complexity index is 824. The fourth-order valence-corrected chi connectivity index (χ4v) is 3.75. The van der Waals surface area contributed by atoms with E-state index in [0.29, 0.717) is 10.6 Å². The zero-order valence-corrected chi connectivity index (χ0v) is 17.3. The Kier molecular flexibility index (Phi) is 6.51. The van der Waals surface area contributed by atoms with E-state index >= 15 is 0 Å². The number of hydrogen-bond donors (Lipinski definition) is 2. The zero-order valence-electron chi connectivity index (χ0n) is 14.1. The predicted octanol–water partition coefficient (Wildman–Crippen LogP) is 5.22. The lowest BCUT2D eigenvalue weighted by molar-refractivity contribution is 0.0978. The maximum atomic E-state index is 12.5. The fourth-order valence-electron chi connectivity index (χ4n) is 2.99. The highest BCUT2D eigenvalue weighted by Crippen LogP contribution is 2.28. The minimum absolute atomic E-state index is 0.246. The van der Waals surface area contributed by atoms with Crippen molar-refractivity contribution in [2.24, 2.45) is 0 Å². The van der Waals surface area contributed by atoms with Gasteiger partial charge in [0.15, 0.2) is 5.11 Å². The highest BCUT2D eigenvalue weighted by Gasteiger charge is 2.16. The molecular weight excluding hydrogens is 434 g/mol. The van der Waals surface area contributed by atoms with E-state index in [4.69, 9.17) is 23.8 Å². The van der Waals surface area contributed by atoms with Crippen LogP contribution in [-0.2, 0) is 0 Å². The van der Waals surface area contributed by atoms with Crippen LogP contribution < -0.4 is 15.5 Å². The number of carbonyl (C=O) groups excluding carboxylic acids is 1. The number of amides is 1. The SMILES string of the molecule is O=C(NC(=S)Nc1ccccc1N1CCCCC1)c1cc(Br)ccc1Cl. The van der Waals surface area contributed by atoms with Crippen LogP contribution in [0.5, 0.6) is 0 Å². The second kappa shape index (κ2) is 8.84. The molecule has 1 aliphatic rings. The van der Waals surface area contributed by atoms with Crippen LogP contribution in [0.25, 0.3) is 0 Å². The van der Waals surface area contributed by atoms with E-state index in [2.05, 4.69) is 37.5 Å². The van der Waals surface area contributed by atoms with Crippen molar-refractivity contribution < 1.29 is 4.79 Å². The van der Waals surface area contributed by atoms with Gasteiger partial charge in [-0.05, 0) is 61.8 Å². The Morgan fingerprint density at radius 2 is 1.85 bits per heavy atom. The second-order valence-corrected chi connectivity index (χ2v) is 7.83. The maximum Gasteiger partial charge on any atom is 0.258 e. The van der Waals surface area contributed by atoms with Crippen molar-refractivity contribution in [1.82, 2.24) is 5.32 Å². The van der Waals surface area contributed by atoms with Gasteiger partial charge in [-0.15, -0.1) is 0 Å². The van der Waals surface area contributed by atoms with Gasteiger partial charge >= 0.3 is 0 Å². The van der Waals surface area contributed by atoms with Crippen molar-refractivity contribution in [1.29, 1.82) is 0 Å². The fraction of sp³-hybridized carbons (Fsp3) is 0.263. The molecule has 3 rings (SSSR count). The minimum atomic E-state index is -0.343. The zero-order chi connectivity index (χ0) is 18.5. The molecule has 1 heterocycles. The monoisotopic (exact) mass is 451 g/mol. The van der Waals surface area contributed by atoms with Crippen LogP contribution in [0.3, 0.4) is 0 Å². The van der Waals surface area contributed by atoms with E-state index in [9.17, 15) is 4.79 Å². The highest BCUT2D eigenvalue weighted by molar-refractivity contribution is 9.10. The Hall–Kier alpha value is -1.63. The number of thiocarbonyl (C=S) groups is 1. The van der Waals surface area contributed by atoms with Crippen LogP contribution in [0.2, 0.25) is 5.02 Å². The average molecular weight is 453 g/mol. The molecule has 1 saturated heterocycles. The lowest BCUT2D eigenvalue weighted by atomic mass is 10.1. The predicted molar refractivity (Wildman–Crippen MR) is 115 cm³/mol. The van der Waals surface area contributed by atoms with Crippen LogP contribution in [0.15, 0.2) is 46.9 Å². The van der Waals surface area contributed by atoms with Gasteiger partial charge in [-0.3, -0.25) is 10.1 Å². The van der Waals surface area contributed by atoms with Crippen LogP contribution in [-0.4, -0.2) is 24.1 Å². The van der Waals surface area contributed by atoms with Gasteiger partial charge in [-0.1, -0.05) is 39.7 Å². The van der Waals surface area contributed by atoms with E-state index in [0.717, 1.165) is 28.9 Å². The molecule has 0 saturated carbocycles. The summed E-state index contributed by atoms with van der Waals surface area (Å²) < 4.78 is 0.779. The Balaban J connectivity index is 1.70. The van der Waals surface area contributed by atoms with Crippen LogP contribution in [0.4, 0.5) is 11.4 Å². The third-order valence-electron chi connectivity index (χ3n) is 4.25. The number of para-hydroxylation sites is 2. The number of nitrogens with one attached hydrogen (secondary N) is 2. The van der Waals surface area contributed by atoms with Crippen LogP contribution in [0.1, 0.15) is 29.6 Å². The first-order valence-electron chi connectivity index (χ1n) is 8.46. The maximum absolute atomic E-state index is 12.5. The summed E-state index contributed by atoms with van der Waals surface area (Å²) in [5.74, 6) is -0.343. The van der Waals surface area contributed by atoms with Gasteiger partial charge in [-0.25, -0.2) is 0 Å². The van der Waals surface area contributed by atoms with E-state index in [1.54, 1.807) is 18.2 Å². The van der Waals surface area contributed by atoms with Crippen molar-refractivity contribution in [3.05, 3.63) is 57.5 Å². The standard InChI is InChI=1S/C19H19BrClN3OS/c20-13-8-9-15(21)14(12-13)18(25)23-19(26)22-16-6-2-3-7-17(16)24-10-4-1-5-11-24/h2-3,6-9,12H,1,4-5,10-11H2,(H2,22,23,25,26). The van der Waals surface area contributed by atoms with Crippen molar-refractivity contribution in [2.45, 2.75) is 19.3 Å². The molecule has 0 radical (unpaired) electrons. The van der Waals surface area contributed by atoms with Gasteiger partial charge in [0.1, 0.15) is 0 Å². The molecule has 136 valence electrons. The third kappa shape index (κ3) is 4.75. The minimum Gasteiger partial charge on any atom is -0.370 e. The molecule has 4 nitrogen and oxygen atoms in total. The number of benzene rings is 2. The lowest BCUT2D eigenvalue weighted by Crippen LogP contribution is -2.35. The number of carbonyl (C=O) groups is 1. The smallest absolute Gasteiger partial charge is 0.258 e. The lowest BCUT2D eigenvalue weighted by Gasteiger charge is -2.30. The Morgan fingerprint density at radius 1 is 1.12 bits per heavy atom. The summed E-state index contributed by atoms with van der Waals surface area (Å²) in [5, 5.41) is 6.47. The molecule has 1 aliphatic heterocycles. The molecule has 2 aromatic rings. The second-order valence-electron chi connectivity index (χ2n) is 6.10. The van der Waals surface area contributed by atoms with Gasteiger partial charge in [-0.2, -0.15) is 0 Å². The molecule has 0 atom stereocenters. The van der Waals surface area contributed by atoms with Crippen molar-refractivity contribution in [3.63, 3.8) is 0 Å². The molecule has 1 fully saturated rings. The molecule has 2 aromatic carbocycles. The van der Waals surface area contributed by atoms with Crippen molar-refractivity contribution in [2.75, 3.05) is 23.3 Å². The largest absolute Gasteiger partial charge is 0.370 e. The molecule has 7 heteroatoms. The first-order valence-corrected chi connectivity index (χ1v) is 10.0. The van der Waals surface area contributed by atoms with E-state index in [1.165, 1.54) is 19.3 Å². The summed E-state index contributed by atoms with van der Waals surface area (Å²) in [4.78, 5) is 14.8. The first-order chi connectivity index (χ1) is 12.5. The van der Waals surface area contributed by atoms with E-state index in [-0.39, 0.29) is 11.0 Å². The number of rotatable bonds is 3. The quantitative estimate of drug-likeness (QED) is 0.627. The molecule has 1 amide bonds. The molecule has 0 bridgehead atoms. The van der Waals surface area contributed by atoms with E-state index < -0.39 is 0 Å². The van der Waals surface area contributed by atoms with Gasteiger partial charge in [0.05, 0.1) is 22.0 Å². The molecule has 0 aliphatic carbocycles. The summed E-state index contributed by atoms with van der Waals surface area (Å²) in [7, 11) is 0. The van der Waals surface area contributed by atoms with Crippen molar-refractivity contribution in [3.8, 4) is 0 Å². The Labute approximate surface area is 172 Å². The third-order valence-corrected chi connectivity index (χ3v) is 5.28. The first kappa shape index (κ1) is 19.1. The number of nitrogens with zero attached hydrogens (tertiary/aromatic N) is 1.